The van der Waals surface area contributed by atoms with Crippen LogP contribution in [-0.4, -0.2) is 29.9 Å². The van der Waals surface area contributed by atoms with Gasteiger partial charge in [-0.1, -0.05) is 12.1 Å². The summed E-state index contributed by atoms with van der Waals surface area (Å²) in [5.74, 6) is -1.37. The molecule has 0 atom stereocenters. The van der Waals surface area contributed by atoms with Crippen LogP contribution in [0.1, 0.15) is 31.1 Å². The van der Waals surface area contributed by atoms with Crippen LogP contribution in [0.25, 0.3) is 10.9 Å². The molecule has 0 aliphatic heterocycles. The zero-order chi connectivity index (χ0) is 23.4. The van der Waals surface area contributed by atoms with Gasteiger partial charge in [-0.2, -0.15) is 0 Å². The zero-order valence-electron chi connectivity index (χ0n) is 17.5. The normalized spacial score (nSPS) is 10.5. The number of esters is 1. The number of nitrogens with one attached hydrogen (secondary N) is 3. The molecule has 8 nitrogen and oxygen atoms in total. The van der Waals surface area contributed by atoms with Crippen molar-refractivity contribution in [3.8, 4) is 0 Å². The molecular weight excluding hydrogens is 422 g/mol. The summed E-state index contributed by atoms with van der Waals surface area (Å²) in [6.45, 7) is 0. The molecule has 0 saturated carbocycles. The third-order valence-electron chi connectivity index (χ3n) is 5.00. The lowest BCUT2D eigenvalue weighted by Gasteiger charge is -2.09. The quantitative estimate of drug-likeness (QED) is 0.407. The Morgan fingerprint density at radius 3 is 1.97 bits per heavy atom. The van der Waals surface area contributed by atoms with Gasteiger partial charge >= 0.3 is 5.97 Å². The van der Waals surface area contributed by atoms with Gasteiger partial charge in [0.05, 0.1) is 12.7 Å². The van der Waals surface area contributed by atoms with Crippen LogP contribution < -0.4 is 16.1 Å². The first-order chi connectivity index (χ1) is 16.0. The number of anilines is 2. The van der Waals surface area contributed by atoms with Crippen LogP contribution in [0.5, 0.6) is 0 Å². The number of para-hydroxylation sites is 1. The van der Waals surface area contributed by atoms with Gasteiger partial charge in [0.1, 0.15) is 5.56 Å². The average Bonchev–Trinajstić information content (AvgIpc) is 2.85. The van der Waals surface area contributed by atoms with Crippen molar-refractivity contribution in [2.75, 3.05) is 17.7 Å². The largest absolute Gasteiger partial charge is 0.465 e. The number of amides is 2. The van der Waals surface area contributed by atoms with E-state index in [1.807, 2.05) is 0 Å². The van der Waals surface area contributed by atoms with E-state index >= 15 is 0 Å². The number of carbonyl (C=O) groups is 3. The van der Waals surface area contributed by atoms with Crippen molar-refractivity contribution in [3.63, 3.8) is 0 Å². The maximum Gasteiger partial charge on any atom is 0.337 e. The highest BCUT2D eigenvalue weighted by Crippen LogP contribution is 2.16. The van der Waals surface area contributed by atoms with Crippen molar-refractivity contribution >= 4 is 40.1 Å². The molecule has 3 aromatic carbocycles. The summed E-state index contributed by atoms with van der Waals surface area (Å²) < 4.78 is 4.64. The summed E-state index contributed by atoms with van der Waals surface area (Å²) in [5, 5.41) is 5.86. The predicted octanol–water partition coefficient (Wildman–Crippen LogP) is 3.82. The van der Waals surface area contributed by atoms with Gasteiger partial charge < -0.3 is 20.4 Å². The summed E-state index contributed by atoms with van der Waals surface area (Å²) in [5.41, 5.74) is 1.99. The SMILES string of the molecule is COC(=O)c1ccc(C(=O)Nc2ccc(NC(=O)c3c[nH]c4ccccc4c3=O)cc2)cc1. The van der Waals surface area contributed by atoms with Gasteiger partial charge in [-0.3, -0.25) is 14.4 Å². The molecule has 33 heavy (non-hydrogen) atoms. The zero-order valence-corrected chi connectivity index (χ0v) is 17.5. The molecule has 3 N–H and O–H groups in total. The third kappa shape index (κ3) is 4.64. The van der Waals surface area contributed by atoms with E-state index in [-0.39, 0.29) is 16.9 Å². The van der Waals surface area contributed by atoms with Gasteiger partial charge in [-0.25, -0.2) is 4.79 Å². The molecule has 4 aromatic rings. The number of carbonyl (C=O) groups excluding carboxylic acids is 3. The second-order valence-electron chi connectivity index (χ2n) is 7.13. The van der Waals surface area contributed by atoms with Crippen LogP contribution in [0.3, 0.4) is 0 Å². The van der Waals surface area contributed by atoms with E-state index in [0.717, 1.165) is 0 Å². The minimum Gasteiger partial charge on any atom is -0.465 e. The maximum atomic E-state index is 12.6. The van der Waals surface area contributed by atoms with Crippen molar-refractivity contribution in [3.05, 3.63) is 106 Å². The van der Waals surface area contributed by atoms with Crippen LogP contribution in [0.15, 0.2) is 83.8 Å². The molecule has 0 radical (unpaired) electrons. The van der Waals surface area contributed by atoms with E-state index in [9.17, 15) is 19.2 Å². The van der Waals surface area contributed by atoms with E-state index in [1.54, 1.807) is 48.5 Å². The number of aromatic nitrogens is 1. The van der Waals surface area contributed by atoms with Gasteiger partial charge in [0.15, 0.2) is 0 Å². The fraction of sp³-hybridized carbons (Fsp3) is 0.0400. The molecule has 164 valence electrons. The minimum atomic E-state index is -0.538. The number of benzene rings is 3. The smallest absolute Gasteiger partial charge is 0.337 e. The van der Waals surface area contributed by atoms with E-state index < -0.39 is 11.9 Å². The monoisotopic (exact) mass is 441 g/mol. The third-order valence-corrected chi connectivity index (χ3v) is 5.00. The van der Waals surface area contributed by atoms with Gasteiger partial charge in [0.25, 0.3) is 11.8 Å². The van der Waals surface area contributed by atoms with Crippen LogP contribution >= 0.6 is 0 Å². The Balaban J connectivity index is 1.43. The molecule has 2 amide bonds. The van der Waals surface area contributed by atoms with Gasteiger partial charge in [0.2, 0.25) is 5.43 Å². The highest BCUT2D eigenvalue weighted by molar-refractivity contribution is 6.06. The fourth-order valence-electron chi connectivity index (χ4n) is 3.25. The van der Waals surface area contributed by atoms with Gasteiger partial charge in [0, 0.05) is 34.0 Å². The minimum absolute atomic E-state index is 0.00137. The van der Waals surface area contributed by atoms with Crippen molar-refractivity contribution in [1.29, 1.82) is 0 Å². The van der Waals surface area contributed by atoms with Gasteiger partial charge in [-0.05, 0) is 60.7 Å². The second kappa shape index (κ2) is 9.19. The molecule has 0 spiro atoms. The number of H-pyrrole nitrogens is 1. The lowest BCUT2D eigenvalue weighted by molar-refractivity contribution is 0.0600. The van der Waals surface area contributed by atoms with E-state index in [0.29, 0.717) is 33.4 Å². The van der Waals surface area contributed by atoms with Gasteiger partial charge in [-0.15, -0.1) is 0 Å². The van der Waals surface area contributed by atoms with E-state index in [1.165, 1.54) is 37.6 Å². The molecular formula is C25H19N3O5. The van der Waals surface area contributed by atoms with Crippen LogP contribution in [0.2, 0.25) is 0 Å². The number of aromatic amines is 1. The first-order valence-corrected chi connectivity index (χ1v) is 9.98. The second-order valence-corrected chi connectivity index (χ2v) is 7.13. The molecule has 0 saturated heterocycles. The molecule has 8 heteroatoms. The first kappa shape index (κ1) is 21.5. The molecule has 0 aliphatic rings. The topological polar surface area (TPSA) is 117 Å². The molecule has 4 rings (SSSR count). The lowest BCUT2D eigenvalue weighted by atomic mass is 10.1. The molecule has 1 heterocycles. The Morgan fingerprint density at radius 1 is 0.758 bits per heavy atom. The summed E-state index contributed by atoms with van der Waals surface area (Å²) in [4.78, 5) is 52.0. The summed E-state index contributed by atoms with van der Waals surface area (Å²) >= 11 is 0. The summed E-state index contributed by atoms with van der Waals surface area (Å²) in [6, 6.07) is 19.5. The van der Waals surface area contributed by atoms with Crippen molar-refractivity contribution in [2.45, 2.75) is 0 Å². The number of pyridine rings is 1. The van der Waals surface area contributed by atoms with E-state index in [2.05, 4.69) is 20.4 Å². The number of hydrogen-bond donors (Lipinski definition) is 3. The molecule has 0 unspecified atom stereocenters. The summed E-state index contributed by atoms with van der Waals surface area (Å²) in [6.07, 6.45) is 1.39. The molecule has 0 bridgehead atoms. The van der Waals surface area contributed by atoms with Crippen LogP contribution in [0, 0.1) is 0 Å². The van der Waals surface area contributed by atoms with Crippen LogP contribution in [0.4, 0.5) is 11.4 Å². The number of methoxy groups -OCH3 is 1. The highest BCUT2D eigenvalue weighted by Gasteiger charge is 2.14. The Morgan fingerprint density at radius 2 is 1.33 bits per heavy atom. The standard InChI is InChI=1S/C25H19N3O5/c1-33-25(32)16-8-6-15(7-9-16)23(30)27-17-10-12-18(13-11-17)28-24(31)20-14-26-21-5-3-2-4-19(21)22(20)29/h2-14H,1H3,(H,26,29)(H,27,30)(H,28,31). The van der Waals surface area contributed by atoms with Crippen molar-refractivity contribution in [1.82, 2.24) is 4.98 Å². The van der Waals surface area contributed by atoms with Crippen molar-refractivity contribution < 1.29 is 19.1 Å². The van der Waals surface area contributed by atoms with E-state index in [4.69, 9.17) is 0 Å². The maximum absolute atomic E-state index is 12.6. The van der Waals surface area contributed by atoms with Crippen LogP contribution in [-0.2, 0) is 4.74 Å². The Bertz CT molecular complexity index is 1410. The fourth-order valence-corrected chi connectivity index (χ4v) is 3.25. The molecule has 0 aliphatic carbocycles. The number of ether oxygens (including phenoxy) is 1. The Hall–Kier alpha value is -4.72. The first-order valence-electron chi connectivity index (χ1n) is 9.98. The average molecular weight is 441 g/mol. The molecule has 1 aromatic heterocycles. The number of rotatable bonds is 5. The molecule has 0 fully saturated rings. The van der Waals surface area contributed by atoms with Crippen molar-refractivity contribution in [2.24, 2.45) is 0 Å². The summed E-state index contributed by atoms with van der Waals surface area (Å²) in [7, 11) is 1.29. The lowest BCUT2D eigenvalue weighted by Crippen LogP contribution is -2.21. The number of fused-ring (bicyclic) bond motifs is 1. The predicted molar refractivity (Wildman–Crippen MR) is 125 cm³/mol. The number of hydrogen-bond acceptors (Lipinski definition) is 5. The Kier molecular flexibility index (Phi) is 5.99. The highest BCUT2D eigenvalue weighted by atomic mass is 16.5. The Labute approximate surface area is 188 Å².